The minimum atomic E-state index is -0.826. The van der Waals surface area contributed by atoms with Gasteiger partial charge in [0.1, 0.15) is 11.9 Å². The van der Waals surface area contributed by atoms with E-state index < -0.39 is 12.0 Å². The highest BCUT2D eigenvalue weighted by atomic mass is 35.5. The fraction of sp³-hybridized carbons (Fsp3) is 0.194. The second-order valence-corrected chi connectivity index (χ2v) is 10.5. The summed E-state index contributed by atoms with van der Waals surface area (Å²) in [5.41, 5.74) is 9.06. The van der Waals surface area contributed by atoms with E-state index in [2.05, 4.69) is 15.6 Å². The van der Waals surface area contributed by atoms with Gasteiger partial charge in [-0.1, -0.05) is 53.5 Å². The number of rotatable bonds is 10. The summed E-state index contributed by atoms with van der Waals surface area (Å²) in [4.78, 5) is 31.4. The number of anilines is 1. The normalized spacial score (nSPS) is 12.7. The van der Waals surface area contributed by atoms with E-state index in [4.69, 9.17) is 38.4 Å². The number of halogens is 2. The second kappa shape index (κ2) is 12.9. The molecule has 0 radical (unpaired) electrons. The van der Waals surface area contributed by atoms with Crippen molar-refractivity contribution in [1.29, 1.82) is 0 Å². The lowest BCUT2D eigenvalue weighted by Crippen LogP contribution is -2.48. The Kier molecular flexibility index (Phi) is 8.91. The van der Waals surface area contributed by atoms with E-state index in [0.717, 1.165) is 22.3 Å². The first-order valence-electron chi connectivity index (χ1n) is 13.0. The van der Waals surface area contributed by atoms with E-state index in [1.165, 1.54) is 0 Å². The Bertz CT molecular complexity index is 1480. The van der Waals surface area contributed by atoms with Crippen molar-refractivity contribution in [2.75, 3.05) is 12.5 Å². The number of nitrogens with one attached hydrogen (secondary N) is 2. The van der Waals surface area contributed by atoms with Crippen molar-refractivity contribution in [3.8, 4) is 11.5 Å². The molecule has 210 valence electrons. The summed E-state index contributed by atoms with van der Waals surface area (Å²) in [5, 5.41) is 7.07. The van der Waals surface area contributed by atoms with Crippen LogP contribution >= 0.6 is 23.2 Å². The molecule has 0 saturated carbocycles. The molecule has 3 aromatic carbocycles. The molecule has 0 aliphatic carbocycles. The van der Waals surface area contributed by atoms with Crippen molar-refractivity contribution < 1.29 is 19.1 Å². The van der Waals surface area contributed by atoms with Crippen molar-refractivity contribution in [2.24, 2.45) is 0 Å². The molecule has 1 atom stereocenters. The Labute approximate surface area is 247 Å². The smallest absolute Gasteiger partial charge is 0.242 e. The average molecular weight is 591 g/mol. The molecule has 0 bridgehead atoms. The second-order valence-electron chi connectivity index (χ2n) is 9.63. The number of nitrogens with two attached hydrogens (primary N) is 1. The fourth-order valence-corrected chi connectivity index (χ4v) is 4.91. The number of carbonyl (C=O) groups is 2. The molecule has 2 amide bonds. The van der Waals surface area contributed by atoms with Crippen molar-refractivity contribution in [2.45, 2.75) is 31.3 Å². The topological polar surface area (TPSA) is 116 Å². The van der Waals surface area contributed by atoms with Gasteiger partial charge in [0, 0.05) is 22.8 Å². The number of aromatic nitrogens is 1. The minimum absolute atomic E-state index is 0.168. The summed E-state index contributed by atoms with van der Waals surface area (Å²) < 4.78 is 10.8. The van der Waals surface area contributed by atoms with Crippen LogP contribution in [0.3, 0.4) is 0 Å². The summed E-state index contributed by atoms with van der Waals surface area (Å²) in [6.45, 7) is 0.420. The third kappa shape index (κ3) is 7.28. The predicted molar refractivity (Wildman–Crippen MR) is 158 cm³/mol. The van der Waals surface area contributed by atoms with Crippen LogP contribution < -0.4 is 25.8 Å². The van der Waals surface area contributed by atoms with Crippen LogP contribution in [-0.4, -0.2) is 29.6 Å². The Hall–Kier alpha value is -4.27. The molecule has 1 unspecified atom stereocenters. The first-order valence-corrected chi connectivity index (χ1v) is 13.8. The first kappa shape index (κ1) is 28.3. The maximum atomic E-state index is 13.9. The van der Waals surface area contributed by atoms with Crippen molar-refractivity contribution >= 4 is 40.8 Å². The van der Waals surface area contributed by atoms with Gasteiger partial charge in [-0.2, -0.15) is 0 Å². The van der Waals surface area contributed by atoms with Gasteiger partial charge in [0.15, 0.2) is 11.5 Å². The molecule has 2 heterocycles. The number of pyridine rings is 1. The van der Waals surface area contributed by atoms with Gasteiger partial charge in [0.2, 0.25) is 18.6 Å². The standard InChI is InChI=1S/C31H28Cl2N4O4/c32-23-7-3-21(4-8-23)29(22-5-9-24(33)10-6-22)31(39)37-25(11-1-19-13-14-35-28(34)16-19)30(38)36-17-20-2-12-26-27(15-20)41-18-40-26/h2-10,12-16,25,29H,1,11,17-18H2,(H2,34,35)(H,36,38)(H,37,39). The minimum Gasteiger partial charge on any atom is -0.454 e. The molecule has 8 nitrogen and oxygen atoms in total. The molecule has 41 heavy (non-hydrogen) atoms. The molecule has 10 heteroatoms. The van der Waals surface area contributed by atoms with Gasteiger partial charge in [-0.25, -0.2) is 4.98 Å². The number of benzene rings is 3. The number of fused-ring (bicyclic) bond motifs is 1. The van der Waals surface area contributed by atoms with E-state index in [1.807, 2.05) is 18.2 Å². The highest BCUT2D eigenvalue weighted by Crippen LogP contribution is 2.32. The molecular formula is C31H28Cl2N4O4. The van der Waals surface area contributed by atoms with Gasteiger partial charge in [-0.3, -0.25) is 9.59 Å². The maximum absolute atomic E-state index is 13.9. The van der Waals surface area contributed by atoms with Crippen LogP contribution in [0.25, 0.3) is 0 Å². The van der Waals surface area contributed by atoms with Crippen LogP contribution in [0.15, 0.2) is 85.1 Å². The van der Waals surface area contributed by atoms with Crippen LogP contribution in [-0.2, 0) is 22.6 Å². The van der Waals surface area contributed by atoms with Gasteiger partial charge < -0.3 is 25.8 Å². The van der Waals surface area contributed by atoms with Crippen LogP contribution in [0, 0.1) is 0 Å². The number of hydrogen-bond donors (Lipinski definition) is 3. The Morgan fingerprint density at radius 3 is 2.15 bits per heavy atom. The zero-order chi connectivity index (χ0) is 28.8. The average Bonchev–Trinajstić information content (AvgIpc) is 3.44. The quantitative estimate of drug-likeness (QED) is 0.232. The third-order valence-electron chi connectivity index (χ3n) is 6.77. The van der Waals surface area contributed by atoms with Gasteiger partial charge >= 0.3 is 0 Å². The summed E-state index contributed by atoms with van der Waals surface area (Å²) in [7, 11) is 0. The lowest BCUT2D eigenvalue weighted by atomic mass is 9.90. The van der Waals surface area contributed by atoms with Crippen molar-refractivity contribution in [1.82, 2.24) is 15.6 Å². The van der Waals surface area contributed by atoms with Gasteiger partial charge in [0.05, 0.1) is 5.92 Å². The van der Waals surface area contributed by atoms with Crippen LogP contribution in [0.1, 0.15) is 34.6 Å². The number of aryl methyl sites for hydroxylation is 1. The Morgan fingerprint density at radius 2 is 1.49 bits per heavy atom. The molecule has 1 aliphatic heterocycles. The van der Waals surface area contributed by atoms with E-state index in [1.54, 1.807) is 66.9 Å². The van der Waals surface area contributed by atoms with Gasteiger partial charge in [0.25, 0.3) is 0 Å². The van der Waals surface area contributed by atoms with Crippen LogP contribution in [0.4, 0.5) is 5.82 Å². The first-order chi connectivity index (χ1) is 19.9. The number of amides is 2. The predicted octanol–water partition coefficient (Wildman–Crippen LogP) is 5.27. The molecule has 0 spiro atoms. The molecular weight excluding hydrogens is 563 g/mol. The monoisotopic (exact) mass is 590 g/mol. The number of ether oxygens (including phenoxy) is 2. The largest absolute Gasteiger partial charge is 0.454 e. The van der Waals surface area contributed by atoms with Gasteiger partial charge in [-0.15, -0.1) is 0 Å². The molecule has 4 aromatic rings. The SMILES string of the molecule is Nc1cc(CCC(NC(=O)C(c2ccc(Cl)cc2)c2ccc(Cl)cc2)C(=O)NCc2ccc3c(c2)OCO3)ccn1. The molecule has 1 aliphatic rings. The van der Waals surface area contributed by atoms with E-state index in [0.29, 0.717) is 40.2 Å². The fourth-order valence-electron chi connectivity index (χ4n) is 4.65. The van der Waals surface area contributed by atoms with Gasteiger partial charge in [-0.05, 0) is 83.6 Å². The molecule has 5 rings (SSSR count). The highest BCUT2D eigenvalue weighted by Gasteiger charge is 2.28. The molecule has 4 N–H and O–H groups in total. The number of hydrogen-bond acceptors (Lipinski definition) is 6. The van der Waals surface area contributed by atoms with Crippen molar-refractivity contribution in [3.05, 3.63) is 117 Å². The van der Waals surface area contributed by atoms with Crippen LogP contribution in [0.2, 0.25) is 10.0 Å². The van der Waals surface area contributed by atoms with Crippen molar-refractivity contribution in [3.63, 3.8) is 0 Å². The zero-order valence-corrected chi connectivity index (χ0v) is 23.5. The summed E-state index contributed by atoms with van der Waals surface area (Å²) in [6, 6.07) is 22.4. The Balaban J connectivity index is 1.36. The maximum Gasteiger partial charge on any atom is 0.242 e. The number of carbonyl (C=O) groups excluding carboxylic acids is 2. The molecule has 1 aromatic heterocycles. The van der Waals surface area contributed by atoms with E-state index >= 15 is 0 Å². The summed E-state index contributed by atoms with van der Waals surface area (Å²) in [6.07, 6.45) is 2.47. The Morgan fingerprint density at radius 1 is 0.829 bits per heavy atom. The molecule has 0 fully saturated rings. The number of nitrogen functional groups attached to an aromatic ring is 1. The van der Waals surface area contributed by atoms with E-state index in [-0.39, 0.29) is 25.2 Å². The summed E-state index contributed by atoms with van der Waals surface area (Å²) >= 11 is 12.2. The zero-order valence-electron chi connectivity index (χ0n) is 22.0. The number of nitrogens with zero attached hydrogens (tertiary/aromatic N) is 1. The molecule has 0 saturated heterocycles. The third-order valence-corrected chi connectivity index (χ3v) is 7.28. The lowest BCUT2D eigenvalue weighted by molar-refractivity contribution is -0.129. The highest BCUT2D eigenvalue weighted by molar-refractivity contribution is 6.30. The summed E-state index contributed by atoms with van der Waals surface area (Å²) in [5.74, 6) is 0.352. The van der Waals surface area contributed by atoms with Crippen LogP contribution in [0.5, 0.6) is 11.5 Å². The van der Waals surface area contributed by atoms with E-state index in [9.17, 15) is 9.59 Å². The lowest BCUT2D eigenvalue weighted by Gasteiger charge is -2.23.